The predicted octanol–water partition coefficient (Wildman–Crippen LogP) is 3.00. The zero-order valence-electron chi connectivity index (χ0n) is 10.9. The average molecular weight is 281 g/mol. The largest absolute Gasteiger partial charge is 0.416 e. The molecule has 6 heteroatoms. The van der Waals surface area contributed by atoms with Crippen LogP contribution in [0.2, 0.25) is 0 Å². The molecule has 0 aliphatic heterocycles. The van der Waals surface area contributed by atoms with E-state index in [0.29, 0.717) is 6.42 Å². The highest BCUT2D eigenvalue weighted by Gasteiger charge is 2.29. The van der Waals surface area contributed by atoms with Gasteiger partial charge in [-0.25, -0.2) is 9.97 Å². The Morgan fingerprint density at radius 2 is 1.70 bits per heavy atom. The van der Waals surface area contributed by atoms with Crippen molar-refractivity contribution in [2.24, 2.45) is 0 Å². The number of halogens is 3. The maximum absolute atomic E-state index is 12.5. The molecule has 1 N–H and O–H groups in total. The third-order valence-electron chi connectivity index (χ3n) is 3.05. The SMILES string of the molecule is CNC(Cc1ccc(C(F)(F)F)cc1)c1cncnc1. The summed E-state index contributed by atoms with van der Waals surface area (Å²) in [6, 6.07) is 5.16. The van der Waals surface area contributed by atoms with Crippen LogP contribution in [0.4, 0.5) is 13.2 Å². The number of hydrogen-bond acceptors (Lipinski definition) is 3. The van der Waals surface area contributed by atoms with Crippen molar-refractivity contribution in [1.82, 2.24) is 15.3 Å². The van der Waals surface area contributed by atoms with E-state index in [2.05, 4.69) is 15.3 Å². The number of nitrogens with one attached hydrogen (secondary N) is 1. The predicted molar refractivity (Wildman–Crippen MR) is 69.0 cm³/mol. The van der Waals surface area contributed by atoms with Crippen LogP contribution in [-0.2, 0) is 12.6 Å². The normalized spacial score (nSPS) is 13.2. The van der Waals surface area contributed by atoms with Crippen molar-refractivity contribution < 1.29 is 13.2 Å². The Hall–Kier alpha value is -1.95. The summed E-state index contributed by atoms with van der Waals surface area (Å²) in [7, 11) is 1.79. The van der Waals surface area contributed by atoms with Gasteiger partial charge >= 0.3 is 6.18 Å². The lowest BCUT2D eigenvalue weighted by atomic mass is 10.0. The van der Waals surface area contributed by atoms with Crippen molar-refractivity contribution in [2.45, 2.75) is 18.6 Å². The molecule has 0 aliphatic carbocycles. The van der Waals surface area contributed by atoms with Crippen LogP contribution in [0.5, 0.6) is 0 Å². The lowest BCUT2D eigenvalue weighted by Gasteiger charge is -2.16. The van der Waals surface area contributed by atoms with Gasteiger partial charge in [-0.05, 0) is 31.2 Å². The number of nitrogens with zero attached hydrogens (tertiary/aromatic N) is 2. The van der Waals surface area contributed by atoms with Crippen molar-refractivity contribution in [1.29, 1.82) is 0 Å². The van der Waals surface area contributed by atoms with Crippen LogP contribution < -0.4 is 5.32 Å². The van der Waals surface area contributed by atoms with Gasteiger partial charge in [-0.2, -0.15) is 13.2 Å². The Morgan fingerprint density at radius 3 is 2.20 bits per heavy atom. The summed E-state index contributed by atoms with van der Waals surface area (Å²) >= 11 is 0. The third-order valence-corrected chi connectivity index (χ3v) is 3.05. The molecule has 1 aromatic heterocycles. The Morgan fingerprint density at radius 1 is 1.10 bits per heavy atom. The van der Waals surface area contributed by atoms with Crippen LogP contribution >= 0.6 is 0 Å². The molecule has 2 rings (SSSR count). The van der Waals surface area contributed by atoms with Crippen molar-refractivity contribution >= 4 is 0 Å². The van der Waals surface area contributed by atoms with E-state index in [4.69, 9.17) is 0 Å². The number of hydrogen-bond donors (Lipinski definition) is 1. The zero-order chi connectivity index (χ0) is 14.6. The smallest absolute Gasteiger partial charge is 0.313 e. The molecule has 1 heterocycles. The molecule has 0 amide bonds. The van der Waals surface area contributed by atoms with Crippen LogP contribution in [-0.4, -0.2) is 17.0 Å². The zero-order valence-corrected chi connectivity index (χ0v) is 10.9. The van der Waals surface area contributed by atoms with Crippen molar-refractivity contribution in [3.8, 4) is 0 Å². The van der Waals surface area contributed by atoms with E-state index in [9.17, 15) is 13.2 Å². The molecule has 0 saturated heterocycles. The molecule has 1 unspecified atom stereocenters. The number of aromatic nitrogens is 2. The van der Waals surface area contributed by atoms with Crippen LogP contribution in [0.1, 0.15) is 22.7 Å². The Balaban J connectivity index is 2.13. The van der Waals surface area contributed by atoms with Gasteiger partial charge in [-0.3, -0.25) is 0 Å². The Labute approximate surface area is 114 Å². The Bertz CT molecular complexity index is 538. The second kappa shape index (κ2) is 6.00. The molecular formula is C14H14F3N3. The van der Waals surface area contributed by atoms with E-state index in [1.165, 1.54) is 18.5 Å². The second-order valence-electron chi connectivity index (χ2n) is 4.41. The van der Waals surface area contributed by atoms with E-state index < -0.39 is 11.7 Å². The molecule has 0 bridgehead atoms. The first-order valence-electron chi connectivity index (χ1n) is 6.09. The van der Waals surface area contributed by atoms with Crippen LogP contribution in [0, 0.1) is 0 Å². The third kappa shape index (κ3) is 3.54. The van der Waals surface area contributed by atoms with Gasteiger partial charge in [0.05, 0.1) is 5.56 Å². The molecule has 2 aromatic rings. The number of benzene rings is 1. The first-order chi connectivity index (χ1) is 9.50. The summed E-state index contributed by atoms with van der Waals surface area (Å²) in [5.74, 6) is 0. The van der Waals surface area contributed by atoms with Crippen molar-refractivity contribution in [3.05, 3.63) is 59.7 Å². The highest BCUT2D eigenvalue weighted by atomic mass is 19.4. The minimum Gasteiger partial charge on any atom is -0.313 e. The lowest BCUT2D eigenvalue weighted by Crippen LogP contribution is -2.19. The summed E-state index contributed by atoms with van der Waals surface area (Å²) < 4.78 is 37.5. The first kappa shape index (κ1) is 14.5. The van der Waals surface area contributed by atoms with Crippen molar-refractivity contribution in [3.63, 3.8) is 0 Å². The second-order valence-corrected chi connectivity index (χ2v) is 4.41. The standard InChI is InChI=1S/C14H14F3N3/c1-18-13(11-7-19-9-20-8-11)6-10-2-4-12(5-3-10)14(15,16)17/h2-5,7-9,13,18H,6H2,1H3. The van der Waals surface area contributed by atoms with Gasteiger partial charge in [0.1, 0.15) is 6.33 Å². The molecule has 3 nitrogen and oxygen atoms in total. The monoisotopic (exact) mass is 281 g/mol. The highest BCUT2D eigenvalue weighted by molar-refractivity contribution is 5.26. The van der Waals surface area contributed by atoms with Gasteiger partial charge in [0, 0.05) is 24.0 Å². The fraction of sp³-hybridized carbons (Fsp3) is 0.286. The summed E-state index contributed by atoms with van der Waals surface area (Å²) in [5, 5.41) is 3.11. The van der Waals surface area contributed by atoms with E-state index in [1.54, 1.807) is 19.4 Å². The van der Waals surface area contributed by atoms with Gasteiger partial charge in [0.2, 0.25) is 0 Å². The minimum absolute atomic E-state index is 0.0343. The molecule has 20 heavy (non-hydrogen) atoms. The first-order valence-corrected chi connectivity index (χ1v) is 6.09. The summed E-state index contributed by atoms with van der Waals surface area (Å²) in [6.07, 6.45) is 1.10. The maximum Gasteiger partial charge on any atom is 0.416 e. The average Bonchev–Trinajstić information content (AvgIpc) is 2.45. The summed E-state index contributed by atoms with van der Waals surface area (Å²) in [6.45, 7) is 0. The molecule has 0 saturated carbocycles. The van der Waals surface area contributed by atoms with Crippen LogP contribution in [0.15, 0.2) is 43.0 Å². The molecule has 0 aliphatic rings. The van der Waals surface area contributed by atoms with Gasteiger partial charge in [-0.1, -0.05) is 12.1 Å². The minimum atomic E-state index is -4.30. The fourth-order valence-corrected chi connectivity index (χ4v) is 1.94. The van der Waals surface area contributed by atoms with Gasteiger partial charge in [-0.15, -0.1) is 0 Å². The Kier molecular flexibility index (Phi) is 4.34. The summed E-state index contributed by atoms with van der Waals surface area (Å²) in [4.78, 5) is 7.88. The molecule has 0 spiro atoms. The lowest BCUT2D eigenvalue weighted by molar-refractivity contribution is -0.137. The van der Waals surface area contributed by atoms with E-state index in [0.717, 1.165) is 23.3 Å². The molecule has 0 fully saturated rings. The molecule has 0 radical (unpaired) electrons. The van der Waals surface area contributed by atoms with Crippen LogP contribution in [0.25, 0.3) is 0 Å². The fourth-order valence-electron chi connectivity index (χ4n) is 1.94. The maximum atomic E-state index is 12.5. The van der Waals surface area contributed by atoms with E-state index in [-0.39, 0.29) is 6.04 Å². The van der Waals surface area contributed by atoms with E-state index in [1.807, 2.05) is 0 Å². The van der Waals surface area contributed by atoms with Gasteiger partial charge < -0.3 is 5.32 Å². The number of likely N-dealkylation sites (N-methyl/N-ethyl adjacent to an activating group) is 1. The van der Waals surface area contributed by atoms with Crippen molar-refractivity contribution in [2.75, 3.05) is 7.05 Å². The molecule has 106 valence electrons. The summed E-state index contributed by atoms with van der Waals surface area (Å²) in [5.41, 5.74) is 1.08. The molecular weight excluding hydrogens is 267 g/mol. The quantitative estimate of drug-likeness (QED) is 0.936. The van der Waals surface area contributed by atoms with E-state index >= 15 is 0 Å². The molecule has 1 atom stereocenters. The molecule has 1 aromatic carbocycles. The topological polar surface area (TPSA) is 37.8 Å². The number of rotatable bonds is 4. The van der Waals surface area contributed by atoms with Crippen LogP contribution in [0.3, 0.4) is 0 Å². The highest BCUT2D eigenvalue weighted by Crippen LogP contribution is 2.29. The number of alkyl halides is 3. The van der Waals surface area contributed by atoms with Gasteiger partial charge in [0.25, 0.3) is 0 Å². The van der Waals surface area contributed by atoms with Gasteiger partial charge in [0.15, 0.2) is 0 Å².